The molecule has 8 heteroatoms. The molecule has 1 atom stereocenters. The average Bonchev–Trinajstić information content (AvgIpc) is 3.04. The molecule has 4 rings (SSSR count). The van der Waals surface area contributed by atoms with Gasteiger partial charge in [-0.15, -0.1) is 0 Å². The van der Waals surface area contributed by atoms with Gasteiger partial charge in [-0.1, -0.05) is 35.9 Å². The van der Waals surface area contributed by atoms with Crippen molar-refractivity contribution in [1.29, 1.82) is 0 Å². The molecule has 0 aliphatic carbocycles. The summed E-state index contributed by atoms with van der Waals surface area (Å²) < 4.78 is 0. The molecule has 2 aromatic rings. The minimum Gasteiger partial charge on any atom is -0.351 e. The average molecular weight is 440 g/mol. The number of amides is 4. The molecule has 1 fully saturated rings. The maximum absolute atomic E-state index is 12.8. The summed E-state index contributed by atoms with van der Waals surface area (Å²) in [7, 11) is 0. The molecule has 1 N–H and O–H groups in total. The molecule has 1 saturated heterocycles. The molecule has 2 aliphatic heterocycles. The first-order valence-electron chi connectivity index (χ1n) is 10.2. The summed E-state index contributed by atoms with van der Waals surface area (Å²) in [6.45, 7) is 2.51. The van der Waals surface area contributed by atoms with Crippen molar-refractivity contribution >= 4 is 35.2 Å². The van der Waals surface area contributed by atoms with E-state index in [0.717, 1.165) is 4.90 Å². The standard InChI is InChI=1S/C23H22ClN3O4/c1-14(27-22(30)16-6-2-3-7-17(16)23(27)31)20(28)25-15-10-12-26(13-11-15)21(29)18-8-4-5-9-19(18)24/h2-9,14-15H,10-13H2,1H3,(H,25,28). The second-order valence-electron chi connectivity index (χ2n) is 7.76. The summed E-state index contributed by atoms with van der Waals surface area (Å²) in [6.07, 6.45) is 1.16. The lowest BCUT2D eigenvalue weighted by atomic mass is 10.0. The van der Waals surface area contributed by atoms with Gasteiger partial charge in [-0.05, 0) is 44.0 Å². The van der Waals surface area contributed by atoms with Gasteiger partial charge in [0.15, 0.2) is 0 Å². The first kappa shape index (κ1) is 21.1. The number of imide groups is 1. The summed E-state index contributed by atoms with van der Waals surface area (Å²) in [5.74, 6) is -1.42. The molecule has 31 heavy (non-hydrogen) atoms. The van der Waals surface area contributed by atoms with Gasteiger partial charge >= 0.3 is 0 Å². The number of piperidine rings is 1. The highest BCUT2D eigenvalue weighted by molar-refractivity contribution is 6.33. The van der Waals surface area contributed by atoms with Crippen molar-refractivity contribution in [2.75, 3.05) is 13.1 Å². The molecule has 7 nitrogen and oxygen atoms in total. The Labute approximate surface area is 185 Å². The first-order chi connectivity index (χ1) is 14.9. The minimum atomic E-state index is -0.921. The molecule has 2 aromatic carbocycles. The fourth-order valence-corrected chi connectivity index (χ4v) is 4.25. The quantitative estimate of drug-likeness (QED) is 0.742. The number of halogens is 1. The third-order valence-corrected chi connectivity index (χ3v) is 6.15. The molecule has 0 spiro atoms. The smallest absolute Gasteiger partial charge is 0.262 e. The van der Waals surface area contributed by atoms with Crippen LogP contribution in [0.15, 0.2) is 48.5 Å². The van der Waals surface area contributed by atoms with E-state index in [0.29, 0.717) is 47.6 Å². The third kappa shape index (κ3) is 3.93. The van der Waals surface area contributed by atoms with Gasteiger partial charge in [0.1, 0.15) is 6.04 Å². The van der Waals surface area contributed by atoms with Crippen LogP contribution in [0.4, 0.5) is 0 Å². The van der Waals surface area contributed by atoms with Crippen molar-refractivity contribution in [2.45, 2.75) is 31.8 Å². The Morgan fingerprint density at radius 3 is 2.10 bits per heavy atom. The monoisotopic (exact) mass is 439 g/mol. The Bertz CT molecular complexity index is 1030. The number of rotatable bonds is 4. The molecular weight excluding hydrogens is 418 g/mol. The van der Waals surface area contributed by atoms with Gasteiger partial charge in [0.2, 0.25) is 5.91 Å². The van der Waals surface area contributed by atoms with E-state index in [2.05, 4.69) is 5.32 Å². The van der Waals surface area contributed by atoms with Crippen molar-refractivity contribution in [1.82, 2.24) is 15.1 Å². The predicted molar refractivity (Wildman–Crippen MR) is 115 cm³/mol. The Hall–Kier alpha value is -3.19. The number of carbonyl (C=O) groups is 4. The SMILES string of the molecule is CC(C(=O)NC1CCN(C(=O)c2ccccc2Cl)CC1)N1C(=O)c2ccccc2C1=O. The summed E-state index contributed by atoms with van der Waals surface area (Å²) >= 11 is 6.13. The number of nitrogens with one attached hydrogen (secondary N) is 1. The van der Waals surface area contributed by atoms with Crippen molar-refractivity contribution in [3.05, 3.63) is 70.2 Å². The summed E-state index contributed by atoms with van der Waals surface area (Å²) in [5.41, 5.74) is 1.10. The number of carbonyl (C=O) groups excluding carboxylic acids is 4. The summed E-state index contributed by atoms with van der Waals surface area (Å²) in [6, 6.07) is 12.4. The van der Waals surface area contributed by atoms with Gasteiger partial charge in [0, 0.05) is 19.1 Å². The van der Waals surface area contributed by atoms with Crippen LogP contribution in [0, 0.1) is 0 Å². The van der Waals surface area contributed by atoms with Gasteiger partial charge < -0.3 is 10.2 Å². The summed E-state index contributed by atoms with van der Waals surface area (Å²) in [5, 5.41) is 3.34. The predicted octanol–water partition coefficient (Wildman–Crippen LogP) is 2.75. The molecule has 0 aromatic heterocycles. The van der Waals surface area contributed by atoms with E-state index in [1.165, 1.54) is 0 Å². The lowest BCUT2D eigenvalue weighted by Gasteiger charge is -2.33. The van der Waals surface area contributed by atoms with Crippen molar-refractivity contribution in [3.8, 4) is 0 Å². The van der Waals surface area contributed by atoms with E-state index in [-0.39, 0.29) is 17.9 Å². The topological polar surface area (TPSA) is 86.8 Å². The maximum atomic E-state index is 12.8. The number of nitrogens with zero attached hydrogens (tertiary/aromatic N) is 2. The number of hydrogen-bond acceptors (Lipinski definition) is 4. The van der Waals surface area contributed by atoms with Gasteiger partial charge in [-0.25, -0.2) is 0 Å². The second-order valence-corrected chi connectivity index (χ2v) is 8.16. The van der Waals surface area contributed by atoms with E-state index in [9.17, 15) is 19.2 Å². The second kappa shape index (κ2) is 8.51. The largest absolute Gasteiger partial charge is 0.351 e. The molecular formula is C23H22ClN3O4. The molecule has 4 amide bonds. The van der Waals surface area contributed by atoms with Crippen LogP contribution in [0.2, 0.25) is 5.02 Å². The number of likely N-dealkylation sites (tertiary alicyclic amines) is 1. The fourth-order valence-electron chi connectivity index (χ4n) is 4.03. The molecule has 0 bridgehead atoms. The summed E-state index contributed by atoms with van der Waals surface area (Å²) in [4.78, 5) is 53.4. The molecule has 2 heterocycles. The maximum Gasteiger partial charge on any atom is 0.262 e. The van der Waals surface area contributed by atoms with Crippen LogP contribution in [0.25, 0.3) is 0 Å². The zero-order valence-electron chi connectivity index (χ0n) is 17.0. The first-order valence-corrected chi connectivity index (χ1v) is 10.6. The van der Waals surface area contributed by atoms with Crippen LogP contribution in [0.5, 0.6) is 0 Å². The highest BCUT2D eigenvalue weighted by atomic mass is 35.5. The normalized spacial score (nSPS) is 17.5. The minimum absolute atomic E-state index is 0.130. The van der Waals surface area contributed by atoms with Crippen LogP contribution in [0.1, 0.15) is 50.8 Å². The van der Waals surface area contributed by atoms with Gasteiger partial charge in [0.05, 0.1) is 21.7 Å². The molecule has 1 unspecified atom stereocenters. The van der Waals surface area contributed by atoms with Crippen LogP contribution < -0.4 is 5.32 Å². The Morgan fingerprint density at radius 2 is 1.52 bits per heavy atom. The van der Waals surface area contributed by atoms with Gasteiger partial charge in [-0.2, -0.15) is 0 Å². The number of benzene rings is 2. The fraction of sp³-hybridized carbons (Fsp3) is 0.304. The zero-order valence-corrected chi connectivity index (χ0v) is 17.8. The van der Waals surface area contributed by atoms with E-state index in [1.54, 1.807) is 60.4 Å². The van der Waals surface area contributed by atoms with E-state index >= 15 is 0 Å². The Balaban J connectivity index is 1.34. The molecule has 160 valence electrons. The van der Waals surface area contributed by atoms with Crippen LogP contribution >= 0.6 is 11.6 Å². The van der Waals surface area contributed by atoms with Gasteiger partial charge in [-0.3, -0.25) is 24.1 Å². The van der Waals surface area contributed by atoms with E-state index in [1.807, 2.05) is 0 Å². The van der Waals surface area contributed by atoms with E-state index < -0.39 is 17.9 Å². The van der Waals surface area contributed by atoms with Crippen LogP contribution in [0.3, 0.4) is 0 Å². The van der Waals surface area contributed by atoms with Crippen molar-refractivity contribution in [2.24, 2.45) is 0 Å². The lowest BCUT2D eigenvalue weighted by Crippen LogP contribution is -2.53. The van der Waals surface area contributed by atoms with E-state index in [4.69, 9.17) is 11.6 Å². The highest BCUT2D eigenvalue weighted by Gasteiger charge is 2.41. The number of hydrogen-bond donors (Lipinski definition) is 1. The Morgan fingerprint density at radius 1 is 0.968 bits per heavy atom. The highest BCUT2D eigenvalue weighted by Crippen LogP contribution is 2.25. The van der Waals surface area contributed by atoms with Crippen LogP contribution in [-0.4, -0.2) is 58.6 Å². The Kier molecular flexibility index (Phi) is 5.78. The third-order valence-electron chi connectivity index (χ3n) is 5.83. The molecule has 0 saturated carbocycles. The van der Waals surface area contributed by atoms with Crippen molar-refractivity contribution in [3.63, 3.8) is 0 Å². The lowest BCUT2D eigenvalue weighted by molar-refractivity contribution is -0.125. The van der Waals surface area contributed by atoms with Crippen LogP contribution in [-0.2, 0) is 4.79 Å². The molecule has 2 aliphatic rings. The van der Waals surface area contributed by atoms with Crippen molar-refractivity contribution < 1.29 is 19.2 Å². The van der Waals surface area contributed by atoms with Gasteiger partial charge in [0.25, 0.3) is 17.7 Å². The number of fused-ring (bicyclic) bond motifs is 1. The zero-order chi connectivity index (χ0) is 22.1. The molecule has 0 radical (unpaired) electrons.